The molecule has 0 aliphatic rings. The van der Waals surface area contributed by atoms with E-state index in [1.54, 1.807) is 22.8 Å². The number of benzene rings is 2. The van der Waals surface area contributed by atoms with Gasteiger partial charge >= 0.3 is 0 Å². The van der Waals surface area contributed by atoms with Crippen LogP contribution in [0.3, 0.4) is 0 Å². The molecule has 0 unspecified atom stereocenters. The summed E-state index contributed by atoms with van der Waals surface area (Å²) in [5.74, 6) is 0.677. The number of halogens is 1. The zero-order chi connectivity index (χ0) is 15.5. The standard InChI is InChI=1S/C17H16ClN3O/c1-19-9-10-21-16(12-5-3-2-4-6-12)20-15-8-7-13(18)11-14(15)17(21)22/h2-8,11,19H,9-10H2,1H3. The van der Waals surface area contributed by atoms with Crippen LogP contribution >= 0.6 is 11.6 Å². The Morgan fingerprint density at radius 2 is 1.95 bits per heavy atom. The first-order valence-corrected chi connectivity index (χ1v) is 7.48. The van der Waals surface area contributed by atoms with Gasteiger partial charge in [-0.15, -0.1) is 0 Å². The third-order valence-corrected chi connectivity index (χ3v) is 3.77. The van der Waals surface area contributed by atoms with Gasteiger partial charge in [-0.25, -0.2) is 4.98 Å². The van der Waals surface area contributed by atoms with Gasteiger partial charge in [0, 0.05) is 23.7 Å². The summed E-state index contributed by atoms with van der Waals surface area (Å²) in [6.07, 6.45) is 0. The van der Waals surface area contributed by atoms with Crippen LogP contribution in [-0.2, 0) is 6.54 Å². The first-order valence-electron chi connectivity index (χ1n) is 7.11. The highest BCUT2D eigenvalue weighted by Crippen LogP contribution is 2.20. The minimum absolute atomic E-state index is 0.0680. The minimum Gasteiger partial charge on any atom is -0.318 e. The fraction of sp³-hybridized carbons (Fsp3) is 0.176. The Balaban J connectivity index is 2.29. The predicted molar refractivity (Wildman–Crippen MR) is 90.4 cm³/mol. The number of nitrogens with zero attached hydrogens (tertiary/aromatic N) is 2. The van der Waals surface area contributed by atoms with E-state index in [0.717, 1.165) is 5.56 Å². The van der Waals surface area contributed by atoms with Crippen molar-refractivity contribution in [1.82, 2.24) is 14.9 Å². The van der Waals surface area contributed by atoms with Crippen LogP contribution in [0.1, 0.15) is 0 Å². The third-order valence-electron chi connectivity index (χ3n) is 3.53. The van der Waals surface area contributed by atoms with Crippen LogP contribution in [0, 0.1) is 0 Å². The number of hydrogen-bond acceptors (Lipinski definition) is 3. The molecule has 0 bridgehead atoms. The second-order valence-corrected chi connectivity index (χ2v) is 5.46. The van der Waals surface area contributed by atoms with Gasteiger partial charge in [0.15, 0.2) is 0 Å². The number of likely N-dealkylation sites (N-methyl/N-ethyl adjacent to an activating group) is 1. The van der Waals surface area contributed by atoms with E-state index in [1.807, 2.05) is 37.4 Å². The Morgan fingerprint density at radius 1 is 1.18 bits per heavy atom. The Bertz CT molecular complexity index is 859. The largest absolute Gasteiger partial charge is 0.318 e. The van der Waals surface area contributed by atoms with Gasteiger partial charge in [-0.1, -0.05) is 41.9 Å². The van der Waals surface area contributed by atoms with Gasteiger partial charge in [0.25, 0.3) is 5.56 Å². The van der Waals surface area contributed by atoms with Gasteiger partial charge in [0.05, 0.1) is 10.9 Å². The highest BCUT2D eigenvalue weighted by Gasteiger charge is 2.12. The molecule has 1 N–H and O–H groups in total. The van der Waals surface area contributed by atoms with Crippen molar-refractivity contribution in [2.45, 2.75) is 6.54 Å². The molecule has 0 aliphatic carbocycles. The Hall–Kier alpha value is -2.17. The Morgan fingerprint density at radius 3 is 2.68 bits per heavy atom. The lowest BCUT2D eigenvalue weighted by Crippen LogP contribution is -2.28. The molecule has 3 rings (SSSR count). The maximum atomic E-state index is 12.8. The highest BCUT2D eigenvalue weighted by atomic mass is 35.5. The molecule has 0 radical (unpaired) electrons. The summed E-state index contributed by atoms with van der Waals surface area (Å²) in [6, 6.07) is 15.0. The average molecular weight is 314 g/mol. The molecule has 3 aromatic rings. The van der Waals surface area contributed by atoms with Gasteiger partial charge in [0.1, 0.15) is 5.82 Å². The van der Waals surface area contributed by atoms with E-state index in [9.17, 15) is 4.79 Å². The van der Waals surface area contributed by atoms with Crippen LogP contribution in [0.25, 0.3) is 22.3 Å². The summed E-state index contributed by atoms with van der Waals surface area (Å²) in [4.78, 5) is 17.5. The maximum Gasteiger partial charge on any atom is 0.261 e. The van der Waals surface area contributed by atoms with E-state index in [1.165, 1.54) is 0 Å². The molecule has 1 heterocycles. The molecule has 0 saturated carbocycles. The van der Waals surface area contributed by atoms with Crippen LogP contribution in [-0.4, -0.2) is 23.1 Å². The Labute approximate surface area is 133 Å². The van der Waals surface area contributed by atoms with Crippen molar-refractivity contribution in [3.05, 3.63) is 63.9 Å². The molecule has 0 spiro atoms. The minimum atomic E-state index is -0.0680. The van der Waals surface area contributed by atoms with E-state index >= 15 is 0 Å². The Kier molecular flexibility index (Phi) is 4.22. The second-order valence-electron chi connectivity index (χ2n) is 5.02. The predicted octanol–water partition coefficient (Wildman–Crippen LogP) is 2.94. The van der Waals surface area contributed by atoms with Crippen LogP contribution in [0.2, 0.25) is 5.02 Å². The smallest absolute Gasteiger partial charge is 0.261 e. The summed E-state index contributed by atoms with van der Waals surface area (Å²) in [5.41, 5.74) is 1.52. The third kappa shape index (κ3) is 2.75. The first-order chi connectivity index (χ1) is 10.7. The zero-order valence-corrected chi connectivity index (χ0v) is 13.0. The molecule has 5 heteroatoms. The van der Waals surface area contributed by atoms with E-state index in [0.29, 0.717) is 34.8 Å². The molecule has 22 heavy (non-hydrogen) atoms. The van der Waals surface area contributed by atoms with E-state index in [4.69, 9.17) is 11.6 Å². The molecule has 1 aromatic heterocycles. The fourth-order valence-electron chi connectivity index (χ4n) is 2.43. The lowest BCUT2D eigenvalue weighted by molar-refractivity contribution is 0.628. The van der Waals surface area contributed by atoms with Crippen molar-refractivity contribution in [2.24, 2.45) is 0 Å². The average Bonchev–Trinajstić information content (AvgIpc) is 2.55. The molecule has 0 amide bonds. The number of aromatic nitrogens is 2. The molecule has 112 valence electrons. The van der Waals surface area contributed by atoms with Gasteiger partial charge in [0.2, 0.25) is 0 Å². The topological polar surface area (TPSA) is 46.9 Å². The van der Waals surface area contributed by atoms with Gasteiger partial charge in [-0.2, -0.15) is 0 Å². The van der Waals surface area contributed by atoms with Crippen molar-refractivity contribution < 1.29 is 0 Å². The van der Waals surface area contributed by atoms with E-state index in [-0.39, 0.29) is 5.56 Å². The zero-order valence-electron chi connectivity index (χ0n) is 12.2. The van der Waals surface area contributed by atoms with Crippen molar-refractivity contribution >= 4 is 22.5 Å². The lowest BCUT2D eigenvalue weighted by Gasteiger charge is -2.13. The molecule has 2 aromatic carbocycles. The number of fused-ring (bicyclic) bond motifs is 1. The SMILES string of the molecule is CNCCn1c(-c2ccccc2)nc2ccc(Cl)cc2c1=O. The van der Waals surface area contributed by atoms with Crippen molar-refractivity contribution in [3.8, 4) is 11.4 Å². The molecule has 0 aliphatic heterocycles. The second kappa shape index (κ2) is 6.30. The first kappa shape index (κ1) is 14.8. The van der Waals surface area contributed by atoms with Gasteiger partial charge in [-0.3, -0.25) is 9.36 Å². The monoisotopic (exact) mass is 313 g/mol. The van der Waals surface area contributed by atoms with Crippen LogP contribution < -0.4 is 10.9 Å². The summed E-state index contributed by atoms with van der Waals surface area (Å²) in [5, 5.41) is 4.15. The van der Waals surface area contributed by atoms with Gasteiger partial charge < -0.3 is 5.32 Å². The quantitative estimate of drug-likeness (QED) is 0.805. The number of nitrogens with one attached hydrogen (secondary N) is 1. The normalized spacial score (nSPS) is 11.0. The lowest BCUT2D eigenvalue weighted by atomic mass is 10.2. The van der Waals surface area contributed by atoms with Gasteiger partial charge in [-0.05, 0) is 25.2 Å². The maximum absolute atomic E-state index is 12.8. The van der Waals surface area contributed by atoms with Crippen molar-refractivity contribution in [3.63, 3.8) is 0 Å². The molecule has 0 atom stereocenters. The van der Waals surface area contributed by atoms with Crippen molar-refractivity contribution in [2.75, 3.05) is 13.6 Å². The van der Waals surface area contributed by atoms with Crippen LogP contribution in [0.5, 0.6) is 0 Å². The molecular formula is C17H16ClN3O. The van der Waals surface area contributed by atoms with Crippen molar-refractivity contribution in [1.29, 1.82) is 0 Å². The number of rotatable bonds is 4. The molecule has 0 fully saturated rings. The van der Waals surface area contributed by atoms with Crippen LogP contribution in [0.4, 0.5) is 0 Å². The molecule has 4 nitrogen and oxygen atoms in total. The fourth-order valence-corrected chi connectivity index (χ4v) is 2.60. The summed E-state index contributed by atoms with van der Waals surface area (Å²) < 4.78 is 1.70. The van der Waals surface area contributed by atoms with E-state index in [2.05, 4.69) is 10.3 Å². The van der Waals surface area contributed by atoms with E-state index < -0.39 is 0 Å². The summed E-state index contributed by atoms with van der Waals surface area (Å²) in [6.45, 7) is 1.24. The summed E-state index contributed by atoms with van der Waals surface area (Å²) >= 11 is 6.02. The highest BCUT2D eigenvalue weighted by molar-refractivity contribution is 6.31. The molecular weight excluding hydrogens is 298 g/mol. The summed E-state index contributed by atoms with van der Waals surface area (Å²) in [7, 11) is 1.86. The van der Waals surface area contributed by atoms with Crippen LogP contribution in [0.15, 0.2) is 53.3 Å². The number of hydrogen-bond donors (Lipinski definition) is 1. The molecule has 0 saturated heterocycles.